The van der Waals surface area contributed by atoms with Crippen molar-refractivity contribution in [2.45, 2.75) is 6.18 Å². The lowest BCUT2D eigenvalue weighted by atomic mass is 10.2. The molecule has 3 aromatic rings. The van der Waals surface area contributed by atoms with Gasteiger partial charge in [-0.25, -0.2) is 9.78 Å². The zero-order valence-electron chi connectivity index (χ0n) is 12.1. The van der Waals surface area contributed by atoms with Crippen molar-refractivity contribution in [2.24, 2.45) is 0 Å². The molecule has 2 aromatic carbocycles. The summed E-state index contributed by atoms with van der Waals surface area (Å²) in [7, 11) is 0. The lowest BCUT2D eigenvalue weighted by Crippen LogP contribution is -2.14. The van der Waals surface area contributed by atoms with Crippen molar-refractivity contribution >= 4 is 17.3 Å². The van der Waals surface area contributed by atoms with Crippen molar-refractivity contribution < 1.29 is 22.7 Å². The van der Waals surface area contributed by atoms with E-state index >= 15 is 0 Å². The molecule has 0 amide bonds. The summed E-state index contributed by atoms with van der Waals surface area (Å²) >= 11 is 1.22. The maximum atomic E-state index is 12.9. The fraction of sp³-hybridized carbons (Fsp3) is 0.0588. The molecule has 0 radical (unpaired) electrons. The first-order chi connectivity index (χ1) is 11.4. The molecule has 0 spiro atoms. The van der Waals surface area contributed by atoms with Crippen molar-refractivity contribution in [3.63, 3.8) is 0 Å². The SMILES string of the molecule is O=C(Oc1ccccc1C(F)(F)F)c1csc(-c2ccccc2)n1. The molecule has 0 saturated heterocycles. The molecule has 0 atom stereocenters. The Kier molecular flexibility index (Phi) is 4.35. The zero-order chi connectivity index (χ0) is 17.2. The Morgan fingerprint density at radius 1 is 1.00 bits per heavy atom. The van der Waals surface area contributed by atoms with Gasteiger partial charge in [-0.1, -0.05) is 42.5 Å². The van der Waals surface area contributed by atoms with Crippen LogP contribution in [0.3, 0.4) is 0 Å². The third-order valence-corrected chi connectivity index (χ3v) is 4.02. The fourth-order valence-electron chi connectivity index (χ4n) is 2.02. The van der Waals surface area contributed by atoms with Gasteiger partial charge in [-0.3, -0.25) is 0 Å². The van der Waals surface area contributed by atoms with Crippen molar-refractivity contribution in [1.82, 2.24) is 4.98 Å². The maximum Gasteiger partial charge on any atom is 0.419 e. The number of esters is 1. The molecule has 24 heavy (non-hydrogen) atoms. The Bertz CT molecular complexity index is 860. The van der Waals surface area contributed by atoms with Gasteiger partial charge in [0.05, 0.1) is 5.56 Å². The van der Waals surface area contributed by atoms with Gasteiger partial charge in [-0.2, -0.15) is 13.2 Å². The normalized spacial score (nSPS) is 11.3. The van der Waals surface area contributed by atoms with E-state index in [1.54, 1.807) is 0 Å². The van der Waals surface area contributed by atoms with Gasteiger partial charge in [0, 0.05) is 10.9 Å². The fourth-order valence-corrected chi connectivity index (χ4v) is 2.82. The average molecular weight is 349 g/mol. The summed E-state index contributed by atoms with van der Waals surface area (Å²) in [6.45, 7) is 0. The van der Waals surface area contributed by atoms with E-state index in [1.807, 2.05) is 30.3 Å². The van der Waals surface area contributed by atoms with Gasteiger partial charge in [0.1, 0.15) is 10.8 Å². The van der Waals surface area contributed by atoms with E-state index in [-0.39, 0.29) is 5.69 Å². The smallest absolute Gasteiger partial charge is 0.419 e. The number of thiazole rings is 1. The quantitative estimate of drug-likeness (QED) is 0.491. The van der Waals surface area contributed by atoms with E-state index < -0.39 is 23.5 Å². The second kappa shape index (κ2) is 6.45. The van der Waals surface area contributed by atoms with Crippen LogP contribution in [0.25, 0.3) is 10.6 Å². The topological polar surface area (TPSA) is 39.2 Å². The minimum Gasteiger partial charge on any atom is -0.421 e. The zero-order valence-corrected chi connectivity index (χ0v) is 12.9. The molecule has 0 bridgehead atoms. The van der Waals surface area contributed by atoms with Gasteiger partial charge in [0.25, 0.3) is 0 Å². The molecule has 3 nitrogen and oxygen atoms in total. The van der Waals surface area contributed by atoms with E-state index in [4.69, 9.17) is 4.74 Å². The van der Waals surface area contributed by atoms with Gasteiger partial charge in [0.2, 0.25) is 0 Å². The summed E-state index contributed by atoms with van der Waals surface area (Å²) in [6, 6.07) is 13.7. The van der Waals surface area contributed by atoms with Crippen LogP contribution in [0.4, 0.5) is 13.2 Å². The first-order valence-electron chi connectivity index (χ1n) is 6.84. The molecule has 0 aliphatic rings. The Hall–Kier alpha value is -2.67. The van der Waals surface area contributed by atoms with Crippen LogP contribution in [0.2, 0.25) is 0 Å². The highest BCUT2D eigenvalue weighted by molar-refractivity contribution is 7.13. The number of hydrogen-bond donors (Lipinski definition) is 0. The van der Waals surface area contributed by atoms with Crippen molar-refractivity contribution in [1.29, 1.82) is 0 Å². The number of benzene rings is 2. The Morgan fingerprint density at radius 3 is 2.38 bits per heavy atom. The summed E-state index contributed by atoms with van der Waals surface area (Å²) in [6.07, 6.45) is -4.60. The molecule has 0 unspecified atom stereocenters. The lowest BCUT2D eigenvalue weighted by Gasteiger charge is -2.11. The molecule has 7 heteroatoms. The molecule has 0 fully saturated rings. The molecule has 0 saturated carbocycles. The highest BCUT2D eigenvalue weighted by atomic mass is 32.1. The van der Waals surface area contributed by atoms with Crippen LogP contribution in [-0.4, -0.2) is 11.0 Å². The summed E-state index contributed by atoms with van der Waals surface area (Å²) < 4.78 is 43.7. The number of alkyl halides is 3. The number of carbonyl (C=O) groups excluding carboxylic acids is 1. The summed E-state index contributed by atoms with van der Waals surface area (Å²) in [4.78, 5) is 16.2. The monoisotopic (exact) mass is 349 g/mol. The van der Waals surface area contributed by atoms with E-state index in [0.717, 1.165) is 17.7 Å². The van der Waals surface area contributed by atoms with Crippen molar-refractivity contribution in [3.05, 3.63) is 71.2 Å². The molecule has 0 N–H and O–H groups in total. The molecule has 1 heterocycles. The molecule has 0 aliphatic heterocycles. The second-order valence-corrected chi connectivity index (χ2v) is 5.65. The number of ether oxygens (including phenoxy) is 1. The van der Waals surface area contributed by atoms with Crippen LogP contribution in [0.5, 0.6) is 5.75 Å². The van der Waals surface area contributed by atoms with E-state index in [2.05, 4.69) is 4.98 Å². The first-order valence-corrected chi connectivity index (χ1v) is 7.72. The predicted molar refractivity (Wildman–Crippen MR) is 84.0 cm³/mol. The second-order valence-electron chi connectivity index (χ2n) is 4.79. The Morgan fingerprint density at radius 2 is 1.67 bits per heavy atom. The lowest BCUT2D eigenvalue weighted by molar-refractivity contribution is -0.138. The first kappa shape index (κ1) is 16.2. The minimum atomic E-state index is -4.60. The van der Waals surface area contributed by atoms with Crippen LogP contribution in [0, 0.1) is 0 Å². The van der Waals surface area contributed by atoms with E-state index in [0.29, 0.717) is 5.01 Å². The number of carbonyl (C=O) groups is 1. The van der Waals surface area contributed by atoms with Gasteiger partial charge in [-0.05, 0) is 12.1 Å². The number of aromatic nitrogens is 1. The number of rotatable bonds is 3. The molecule has 1 aromatic heterocycles. The molecule has 3 rings (SSSR count). The van der Waals surface area contributed by atoms with E-state index in [1.165, 1.54) is 28.8 Å². The van der Waals surface area contributed by atoms with Gasteiger partial charge < -0.3 is 4.74 Å². The highest BCUT2D eigenvalue weighted by Gasteiger charge is 2.34. The number of nitrogens with zero attached hydrogens (tertiary/aromatic N) is 1. The van der Waals surface area contributed by atoms with Crippen LogP contribution >= 0.6 is 11.3 Å². The Balaban J connectivity index is 1.83. The van der Waals surface area contributed by atoms with Crippen LogP contribution in [0.15, 0.2) is 60.0 Å². The highest BCUT2D eigenvalue weighted by Crippen LogP contribution is 2.36. The molecule has 122 valence electrons. The molecular formula is C17H10F3NO2S. The summed E-state index contributed by atoms with van der Waals surface area (Å²) in [5, 5.41) is 2.05. The van der Waals surface area contributed by atoms with Crippen molar-refractivity contribution in [3.8, 4) is 16.3 Å². The van der Waals surface area contributed by atoms with Crippen LogP contribution in [-0.2, 0) is 6.18 Å². The third kappa shape index (κ3) is 3.46. The molecular weight excluding hydrogens is 339 g/mol. The largest absolute Gasteiger partial charge is 0.421 e. The maximum absolute atomic E-state index is 12.9. The average Bonchev–Trinajstić information content (AvgIpc) is 3.05. The number of halogens is 3. The van der Waals surface area contributed by atoms with E-state index in [9.17, 15) is 18.0 Å². The molecule has 0 aliphatic carbocycles. The van der Waals surface area contributed by atoms with Crippen LogP contribution < -0.4 is 4.74 Å². The van der Waals surface area contributed by atoms with Crippen LogP contribution in [0.1, 0.15) is 16.1 Å². The van der Waals surface area contributed by atoms with Crippen molar-refractivity contribution in [2.75, 3.05) is 0 Å². The summed E-state index contributed by atoms with van der Waals surface area (Å²) in [5.41, 5.74) is -0.218. The van der Waals surface area contributed by atoms with Gasteiger partial charge in [0.15, 0.2) is 5.69 Å². The van der Waals surface area contributed by atoms with Gasteiger partial charge >= 0.3 is 12.1 Å². The van der Waals surface area contributed by atoms with Gasteiger partial charge in [-0.15, -0.1) is 11.3 Å². The predicted octanol–water partition coefficient (Wildman–Crippen LogP) is 5.05. The number of para-hydroxylation sites is 1. The summed E-state index contributed by atoms with van der Waals surface area (Å²) in [5.74, 6) is -1.46. The third-order valence-electron chi connectivity index (χ3n) is 3.13. The Labute approximate surface area is 139 Å². The standard InChI is InChI=1S/C17H10F3NO2S/c18-17(19,20)12-8-4-5-9-14(12)23-16(22)13-10-24-15(21-13)11-6-2-1-3-7-11/h1-10H. The minimum absolute atomic E-state index is 0.0316. The number of hydrogen-bond acceptors (Lipinski definition) is 4.